The standard InChI is InChI=1S/C27H33N5O8/c1-2-39-27(37)32-13-11-31(12-14-32)26(36)20(8-9-23(33)34)29-25(35)21-16-22(40-19-10-15-38-17-19)30-24(28-21)18-6-4-3-5-7-18/h3-7,16,19-20H,2,8-15,17H2,1H3,(H,29,35)(H,33,34)/t19-,20?/m0/s1. The lowest BCUT2D eigenvalue weighted by molar-refractivity contribution is -0.138. The average molecular weight is 556 g/mol. The Balaban J connectivity index is 1.52. The maximum absolute atomic E-state index is 13.4. The number of carbonyl (C=O) groups excluding carboxylic acids is 3. The second-order valence-electron chi connectivity index (χ2n) is 9.35. The maximum Gasteiger partial charge on any atom is 0.409 e. The number of aromatic nitrogens is 2. The van der Waals surface area contributed by atoms with Gasteiger partial charge in [0, 0.05) is 50.7 Å². The molecule has 4 rings (SSSR count). The van der Waals surface area contributed by atoms with Crippen LogP contribution in [0.3, 0.4) is 0 Å². The van der Waals surface area contributed by atoms with Crippen molar-refractivity contribution < 1.29 is 38.5 Å². The van der Waals surface area contributed by atoms with Crippen LogP contribution >= 0.6 is 0 Å². The zero-order chi connectivity index (χ0) is 28.5. The topological polar surface area (TPSA) is 160 Å². The molecule has 2 fully saturated rings. The fraction of sp³-hybridized carbons (Fsp3) is 0.481. The molecule has 2 aliphatic rings. The molecule has 1 unspecified atom stereocenters. The molecule has 2 N–H and O–H groups in total. The minimum absolute atomic E-state index is 0.0250. The highest BCUT2D eigenvalue weighted by molar-refractivity contribution is 5.96. The Bertz CT molecular complexity index is 1200. The van der Waals surface area contributed by atoms with Gasteiger partial charge in [-0.3, -0.25) is 14.4 Å². The molecule has 2 atom stereocenters. The van der Waals surface area contributed by atoms with Crippen LogP contribution in [0.15, 0.2) is 36.4 Å². The number of rotatable bonds is 10. The molecule has 2 saturated heterocycles. The van der Waals surface area contributed by atoms with Crippen molar-refractivity contribution in [2.75, 3.05) is 46.0 Å². The van der Waals surface area contributed by atoms with Gasteiger partial charge in [0.2, 0.25) is 11.8 Å². The third-order valence-corrected chi connectivity index (χ3v) is 6.51. The predicted molar refractivity (Wildman–Crippen MR) is 141 cm³/mol. The number of hydrogen-bond acceptors (Lipinski definition) is 9. The highest BCUT2D eigenvalue weighted by Gasteiger charge is 2.31. The molecule has 0 aliphatic carbocycles. The molecule has 0 saturated carbocycles. The van der Waals surface area contributed by atoms with Crippen molar-refractivity contribution in [3.05, 3.63) is 42.1 Å². The van der Waals surface area contributed by atoms with Gasteiger partial charge in [0.1, 0.15) is 17.8 Å². The van der Waals surface area contributed by atoms with Gasteiger partial charge in [0.05, 0.1) is 19.8 Å². The molecule has 3 amide bonds. The van der Waals surface area contributed by atoms with E-state index >= 15 is 0 Å². The number of hydrogen-bond donors (Lipinski definition) is 2. The summed E-state index contributed by atoms with van der Waals surface area (Å²) in [5.41, 5.74) is 0.644. The van der Waals surface area contributed by atoms with Crippen LogP contribution in [0.1, 0.15) is 36.7 Å². The molecule has 1 aromatic carbocycles. The fourth-order valence-electron chi connectivity index (χ4n) is 4.40. The summed E-state index contributed by atoms with van der Waals surface area (Å²) in [6.45, 7) is 3.92. The van der Waals surface area contributed by atoms with Crippen molar-refractivity contribution in [1.82, 2.24) is 25.1 Å². The number of piperazine rings is 1. The minimum Gasteiger partial charge on any atom is -0.481 e. The molecule has 1 aromatic heterocycles. The van der Waals surface area contributed by atoms with E-state index in [4.69, 9.17) is 14.2 Å². The Morgan fingerprint density at radius 2 is 1.82 bits per heavy atom. The van der Waals surface area contributed by atoms with Gasteiger partial charge in [-0.25, -0.2) is 9.78 Å². The highest BCUT2D eigenvalue weighted by Crippen LogP contribution is 2.22. The second-order valence-corrected chi connectivity index (χ2v) is 9.35. The van der Waals surface area contributed by atoms with E-state index in [-0.39, 0.29) is 69.1 Å². The van der Waals surface area contributed by atoms with Crippen LogP contribution in [0, 0.1) is 0 Å². The monoisotopic (exact) mass is 555 g/mol. The number of nitrogens with zero attached hydrogens (tertiary/aromatic N) is 4. The van der Waals surface area contributed by atoms with E-state index in [0.717, 1.165) is 0 Å². The summed E-state index contributed by atoms with van der Waals surface area (Å²) in [4.78, 5) is 62.0. The van der Waals surface area contributed by atoms with E-state index < -0.39 is 29.9 Å². The van der Waals surface area contributed by atoms with Crippen LogP contribution in [0.5, 0.6) is 5.88 Å². The molecular weight excluding hydrogens is 522 g/mol. The van der Waals surface area contributed by atoms with Crippen molar-refractivity contribution in [2.45, 2.75) is 38.3 Å². The summed E-state index contributed by atoms with van der Waals surface area (Å²) >= 11 is 0. The van der Waals surface area contributed by atoms with Crippen molar-refractivity contribution in [3.63, 3.8) is 0 Å². The average Bonchev–Trinajstić information content (AvgIpc) is 3.48. The zero-order valence-electron chi connectivity index (χ0n) is 22.3. The first-order chi connectivity index (χ1) is 19.3. The first-order valence-corrected chi connectivity index (χ1v) is 13.3. The summed E-state index contributed by atoms with van der Waals surface area (Å²) in [6.07, 6.45) is -0.425. The van der Waals surface area contributed by atoms with Gasteiger partial charge in [-0.2, -0.15) is 4.98 Å². The first-order valence-electron chi connectivity index (χ1n) is 13.3. The molecule has 3 heterocycles. The molecule has 2 aromatic rings. The van der Waals surface area contributed by atoms with Gasteiger partial charge in [0.15, 0.2) is 5.82 Å². The van der Waals surface area contributed by atoms with Gasteiger partial charge >= 0.3 is 12.1 Å². The van der Waals surface area contributed by atoms with E-state index in [2.05, 4.69) is 15.3 Å². The molecule has 13 heteroatoms. The summed E-state index contributed by atoms with van der Waals surface area (Å²) < 4.78 is 16.3. The van der Waals surface area contributed by atoms with Crippen molar-refractivity contribution in [3.8, 4) is 17.3 Å². The van der Waals surface area contributed by atoms with Crippen molar-refractivity contribution in [1.29, 1.82) is 0 Å². The predicted octanol–water partition coefficient (Wildman–Crippen LogP) is 1.58. The second kappa shape index (κ2) is 13.7. The Morgan fingerprint density at radius 3 is 2.48 bits per heavy atom. The van der Waals surface area contributed by atoms with E-state index in [1.807, 2.05) is 18.2 Å². The molecule has 0 radical (unpaired) electrons. The first kappa shape index (κ1) is 28.7. The number of carboxylic acid groups (broad SMARTS) is 1. The van der Waals surface area contributed by atoms with Crippen LogP contribution in [0.25, 0.3) is 11.4 Å². The van der Waals surface area contributed by atoms with Crippen LogP contribution < -0.4 is 10.1 Å². The summed E-state index contributed by atoms with van der Waals surface area (Å²) in [5, 5.41) is 11.9. The van der Waals surface area contributed by atoms with Crippen molar-refractivity contribution >= 4 is 23.9 Å². The van der Waals surface area contributed by atoms with Gasteiger partial charge in [0.25, 0.3) is 5.91 Å². The van der Waals surface area contributed by atoms with Gasteiger partial charge < -0.3 is 34.4 Å². The van der Waals surface area contributed by atoms with Gasteiger partial charge in [-0.15, -0.1) is 0 Å². The van der Waals surface area contributed by atoms with E-state index in [1.165, 1.54) is 15.9 Å². The van der Waals surface area contributed by atoms with Crippen LogP contribution in [0.4, 0.5) is 4.79 Å². The van der Waals surface area contributed by atoms with Crippen LogP contribution in [0.2, 0.25) is 0 Å². The summed E-state index contributed by atoms with van der Waals surface area (Å²) in [5.74, 6) is -1.73. The number of benzene rings is 1. The Kier molecular flexibility index (Phi) is 9.84. The maximum atomic E-state index is 13.4. The zero-order valence-corrected chi connectivity index (χ0v) is 22.3. The van der Waals surface area contributed by atoms with Crippen LogP contribution in [-0.2, 0) is 19.1 Å². The number of amides is 3. The number of carboxylic acids is 1. The van der Waals surface area contributed by atoms with E-state index in [9.17, 15) is 24.3 Å². The molecule has 2 aliphatic heterocycles. The molecule has 13 nitrogen and oxygen atoms in total. The lowest BCUT2D eigenvalue weighted by atomic mass is 10.1. The largest absolute Gasteiger partial charge is 0.481 e. The normalized spacial score (nSPS) is 17.7. The van der Waals surface area contributed by atoms with E-state index in [1.54, 1.807) is 19.1 Å². The molecule has 40 heavy (non-hydrogen) atoms. The third kappa shape index (κ3) is 7.65. The van der Waals surface area contributed by atoms with E-state index in [0.29, 0.717) is 25.2 Å². The summed E-state index contributed by atoms with van der Waals surface area (Å²) in [7, 11) is 0. The number of aliphatic carboxylic acids is 1. The molecule has 0 spiro atoms. The van der Waals surface area contributed by atoms with Gasteiger partial charge in [-0.1, -0.05) is 30.3 Å². The lowest BCUT2D eigenvalue weighted by Crippen LogP contribution is -2.56. The molecular formula is C27H33N5O8. The quantitative estimate of drug-likeness (QED) is 0.440. The van der Waals surface area contributed by atoms with Crippen molar-refractivity contribution in [2.24, 2.45) is 0 Å². The molecule has 0 bridgehead atoms. The SMILES string of the molecule is CCOC(=O)N1CCN(C(=O)C(CCC(=O)O)NC(=O)c2cc(O[C@H]3CCOC3)nc(-c3ccccc3)n2)CC1. The number of nitrogens with one attached hydrogen (secondary N) is 1. The number of carbonyl (C=O) groups is 4. The molecule has 214 valence electrons. The number of ether oxygens (including phenoxy) is 3. The third-order valence-electron chi connectivity index (χ3n) is 6.51. The minimum atomic E-state index is -1.11. The smallest absolute Gasteiger partial charge is 0.409 e. The highest BCUT2D eigenvalue weighted by atomic mass is 16.6. The lowest BCUT2D eigenvalue weighted by Gasteiger charge is -2.35. The summed E-state index contributed by atoms with van der Waals surface area (Å²) in [6, 6.07) is 9.37. The van der Waals surface area contributed by atoms with Crippen LogP contribution in [-0.4, -0.2) is 107 Å². The Morgan fingerprint density at radius 1 is 1.10 bits per heavy atom. The fourth-order valence-corrected chi connectivity index (χ4v) is 4.40. The Labute approximate surface area is 231 Å². The Hall–Kier alpha value is -4.26. The van der Waals surface area contributed by atoms with Gasteiger partial charge in [-0.05, 0) is 13.3 Å².